The first-order valence-corrected chi connectivity index (χ1v) is 4.02. The molecule has 14 heavy (non-hydrogen) atoms. The Bertz CT molecular complexity index is 347. The Hall–Kier alpha value is -1.81. The highest BCUT2D eigenvalue weighted by Gasteiger charge is 1.93. The maximum Gasteiger partial charge on any atom is 0.267 e. The first-order valence-electron chi connectivity index (χ1n) is 4.02. The zero-order chi connectivity index (χ0) is 10.4. The highest BCUT2D eigenvalue weighted by atomic mass is 16.5. The molecule has 0 saturated carbocycles. The average molecular weight is 193 g/mol. The third-order valence-corrected chi connectivity index (χ3v) is 1.63. The van der Waals surface area contributed by atoms with Gasteiger partial charge in [0.15, 0.2) is 0 Å². The second-order valence-corrected chi connectivity index (χ2v) is 2.59. The molecule has 1 aromatic carbocycles. The molecule has 1 aromatic rings. The van der Waals surface area contributed by atoms with E-state index in [0.717, 1.165) is 11.3 Å². The van der Waals surface area contributed by atoms with Gasteiger partial charge in [-0.3, -0.25) is 10.0 Å². The molecule has 1 amide bonds. The second-order valence-electron chi connectivity index (χ2n) is 2.59. The van der Waals surface area contributed by atoms with Crippen molar-refractivity contribution in [3.63, 3.8) is 0 Å². The Morgan fingerprint density at radius 3 is 3.00 bits per heavy atom. The Labute approximate surface area is 81.8 Å². The number of nitrogens with one attached hydrogen (secondary N) is 1. The summed E-state index contributed by atoms with van der Waals surface area (Å²) in [5, 5.41) is 8.24. The number of hydroxylamine groups is 1. The SMILES string of the molecule is COc1cccc(C=CC(=O)NO)c1. The van der Waals surface area contributed by atoms with E-state index in [9.17, 15) is 4.79 Å². The molecular formula is C10H11NO3. The van der Waals surface area contributed by atoms with Crippen LogP contribution in [0.25, 0.3) is 6.08 Å². The minimum absolute atomic E-state index is 0.562. The lowest BCUT2D eigenvalue weighted by atomic mass is 10.2. The van der Waals surface area contributed by atoms with Gasteiger partial charge in [0, 0.05) is 6.08 Å². The molecule has 0 spiro atoms. The Kier molecular flexibility index (Phi) is 3.69. The van der Waals surface area contributed by atoms with Crippen molar-refractivity contribution in [2.24, 2.45) is 0 Å². The number of hydrogen-bond acceptors (Lipinski definition) is 3. The van der Waals surface area contributed by atoms with Crippen LogP contribution in [0.2, 0.25) is 0 Å². The van der Waals surface area contributed by atoms with E-state index in [0.29, 0.717) is 0 Å². The molecule has 74 valence electrons. The van der Waals surface area contributed by atoms with Crippen LogP contribution >= 0.6 is 0 Å². The number of amides is 1. The molecule has 4 heteroatoms. The Balaban J connectivity index is 2.76. The van der Waals surface area contributed by atoms with Crippen LogP contribution < -0.4 is 10.2 Å². The van der Waals surface area contributed by atoms with Crippen LogP contribution in [0.4, 0.5) is 0 Å². The summed E-state index contributed by atoms with van der Waals surface area (Å²) in [4.78, 5) is 10.7. The number of methoxy groups -OCH3 is 1. The smallest absolute Gasteiger partial charge is 0.267 e. The summed E-state index contributed by atoms with van der Waals surface area (Å²) >= 11 is 0. The van der Waals surface area contributed by atoms with Crippen LogP contribution in [0, 0.1) is 0 Å². The molecule has 0 fully saturated rings. The number of ether oxygens (including phenoxy) is 1. The standard InChI is InChI=1S/C10H11NO3/c1-14-9-4-2-3-8(7-9)5-6-10(12)11-13/h2-7,13H,1H3,(H,11,12). The van der Waals surface area contributed by atoms with Crippen molar-refractivity contribution >= 4 is 12.0 Å². The fraction of sp³-hybridized carbons (Fsp3) is 0.100. The zero-order valence-corrected chi connectivity index (χ0v) is 7.73. The van der Waals surface area contributed by atoms with E-state index < -0.39 is 5.91 Å². The number of carbonyl (C=O) groups is 1. The van der Waals surface area contributed by atoms with E-state index in [1.54, 1.807) is 19.3 Å². The van der Waals surface area contributed by atoms with Gasteiger partial charge in [0.05, 0.1) is 7.11 Å². The Morgan fingerprint density at radius 2 is 2.36 bits per heavy atom. The summed E-state index contributed by atoms with van der Waals surface area (Å²) in [7, 11) is 1.57. The monoisotopic (exact) mass is 193 g/mol. The molecule has 0 heterocycles. The number of hydrogen-bond donors (Lipinski definition) is 2. The molecule has 0 bridgehead atoms. The van der Waals surface area contributed by atoms with E-state index >= 15 is 0 Å². The summed E-state index contributed by atoms with van der Waals surface area (Å²) in [5.74, 6) is 0.157. The van der Waals surface area contributed by atoms with Gasteiger partial charge in [-0.05, 0) is 23.8 Å². The summed E-state index contributed by atoms with van der Waals surface area (Å²) in [6, 6.07) is 7.23. The van der Waals surface area contributed by atoms with Crippen LogP contribution in [-0.4, -0.2) is 18.2 Å². The van der Waals surface area contributed by atoms with Crippen molar-refractivity contribution < 1.29 is 14.7 Å². The Morgan fingerprint density at radius 1 is 1.57 bits per heavy atom. The van der Waals surface area contributed by atoms with Crippen molar-refractivity contribution in [2.75, 3.05) is 7.11 Å². The van der Waals surface area contributed by atoms with Crippen LogP contribution in [-0.2, 0) is 4.79 Å². The third kappa shape index (κ3) is 2.91. The number of benzene rings is 1. The van der Waals surface area contributed by atoms with Gasteiger partial charge >= 0.3 is 0 Å². The predicted octanol–water partition coefficient (Wildman–Crippen LogP) is 1.21. The van der Waals surface area contributed by atoms with Gasteiger partial charge in [-0.15, -0.1) is 0 Å². The lowest BCUT2D eigenvalue weighted by Crippen LogP contribution is -2.14. The largest absolute Gasteiger partial charge is 0.497 e. The van der Waals surface area contributed by atoms with E-state index in [4.69, 9.17) is 9.94 Å². The van der Waals surface area contributed by atoms with Crippen molar-refractivity contribution in [1.82, 2.24) is 5.48 Å². The molecule has 0 saturated heterocycles. The first kappa shape index (κ1) is 10.3. The number of rotatable bonds is 3. The van der Waals surface area contributed by atoms with Gasteiger partial charge in [-0.25, -0.2) is 5.48 Å². The maximum atomic E-state index is 10.7. The fourth-order valence-electron chi connectivity index (χ4n) is 0.954. The maximum absolute atomic E-state index is 10.7. The van der Waals surface area contributed by atoms with E-state index in [1.165, 1.54) is 11.6 Å². The molecule has 0 atom stereocenters. The summed E-state index contributed by atoms with van der Waals surface area (Å²) in [6.07, 6.45) is 2.81. The van der Waals surface area contributed by atoms with Gasteiger partial charge < -0.3 is 4.74 Å². The molecule has 4 nitrogen and oxygen atoms in total. The van der Waals surface area contributed by atoms with Gasteiger partial charge in [-0.1, -0.05) is 12.1 Å². The topological polar surface area (TPSA) is 58.6 Å². The van der Waals surface area contributed by atoms with Crippen molar-refractivity contribution in [3.8, 4) is 5.75 Å². The van der Waals surface area contributed by atoms with Crippen molar-refractivity contribution in [3.05, 3.63) is 35.9 Å². The summed E-state index contributed by atoms with van der Waals surface area (Å²) in [5.41, 5.74) is 2.33. The summed E-state index contributed by atoms with van der Waals surface area (Å²) < 4.78 is 5.00. The van der Waals surface area contributed by atoms with Gasteiger partial charge in [0.1, 0.15) is 5.75 Å². The van der Waals surface area contributed by atoms with Crippen LogP contribution in [0.15, 0.2) is 30.3 Å². The molecule has 2 N–H and O–H groups in total. The normalized spacial score (nSPS) is 10.1. The van der Waals surface area contributed by atoms with Gasteiger partial charge in [0.25, 0.3) is 5.91 Å². The van der Waals surface area contributed by atoms with Crippen molar-refractivity contribution in [1.29, 1.82) is 0 Å². The molecule has 1 rings (SSSR count). The minimum atomic E-state index is -0.562. The average Bonchev–Trinajstić information content (AvgIpc) is 2.26. The molecule has 0 aromatic heterocycles. The lowest BCUT2D eigenvalue weighted by Gasteiger charge is -1.99. The van der Waals surface area contributed by atoms with Gasteiger partial charge in [-0.2, -0.15) is 0 Å². The summed E-state index contributed by atoms with van der Waals surface area (Å²) in [6.45, 7) is 0. The first-order chi connectivity index (χ1) is 6.76. The van der Waals surface area contributed by atoms with E-state index in [-0.39, 0.29) is 0 Å². The van der Waals surface area contributed by atoms with Crippen LogP contribution in [0.1, 0.15) is 5.56 Å². The second kappa shape index (κ2) is 5.04. The molecule has 0 aliphatic rings. The van der Waals surface area contributed by atoms with E-state index in [1.807, 2.05) is 18.2 Å². The van der Waals surface area contributed by atoms with Gasteiger partial charge in [0.2, 0.25) is 0 Å². The molecule has 0 unspecified atom stereocenters. The number of carbonyl (C=O) groups excluding carboxylic acids is 1. The molecular weight excluding hydrogens is 182 g/mol. The zero-order valence-electron chi connectivity index (χ0n) is 7.73. The molecule has 0 aliphatic carbocycles. The molecule has 0 aliphatic heterocycles. The predicted molar refractivity (Wildman–Crippen MR) is 52.0 cm³/mol. The van der Waals surface area contributed by atoms with Crippen LogP contribution in [0.3, 0.4) is 0 Å². The minimum Gasteiger partial charge on any atom is -0.497 e. The van der Waals surface area contributed by atoms with E-state index in [2.05, 4.69) is 0 Å². The van der Waals surface area contributed by atoms with Crippen molar-refractivity contribution in [2.45, 2.75) is 0 Å². The molecule has 0 radical (unpaired) electrons. The fourth-order valence-corrected chi connectivity index (χ4v) is 0.954. The van der Waals surface area contributed by atoms with Crippen LogP contribution in [0.5, 0.6) is 5.75 Å². The highest BCUT2D eigenvalue weighted by molar-refractivity contribution is 5.90. The highest BCUT2D eigenvalue weighted by Crippen LogP contribution is 2.13. The quantitative estimate of drug-likeness (QED) is 0.431. The third-order valence-electron chi connectivity index (χ3n) is 1.63. The lowest BCUT2D eigenvalue weighted by molar-refractivity contribution is -0.124.